The van der Waals surface area contributed by atoms with Crippen LogP contribution in [-0.4, -0.2) is 15.7 Å². The van der Waals surface area contributed by atoms with Crippen molar-refractivity contribution < 1.29 is 0 Å². The molecule has 7 rings (SSSR count). The van der Waals surface area contributed by atoms with Crippen LogP contribution in [0.2, 0.25) is 0 Å². The number of aromatic nitrogens is 2. The molecule has 0 saturated heterocycles. The Labute approximate surface area is 264 Å². The molecule has 0 aliphatic carbocycles. The Morgan fingerprint density at radius 2 is 1.22 bits per heavy atom. The van der Waals surface area contributed by atoms with Crippen LogP contribution in [0.1, 0.15) is 25.1 Å². The SMILES string of the molecule is C/C=C\C(=C/C(C)=Nc1nc2ccccc2cc1C)c1cc(-c2ccc3ccccc3c2)cc(-c2ccc3ccccc3c2)n1. The van der Waals surface area contributed by atoms with Crippen molar-refractivity contribution >= 4 is 49.6 Å². The van der Waals surface area contributed by atoms with Gasteiger partial charge in [-0.25, -0.2) is 15.0 Å². The van der Waals surface area contributed by atoms with Gasteiger partial charge in [-0.15, -0.1) is 0 Å². The van der Waals surface area contributed by atoms with Gasteiger partial charge in [0.15, 0.2) is 5.82 Å². The second-order valence-electron chi connectivity index (χ2n) is 11.4. The summed E-state index contributed by atoms with van der Waals surface area (Å²) in [6.07, 6.45) is 6.27. The third-order valence-corrected chi connectivity index (χ3v) is 8.13. The normalized spacial score (nSPS) is 12.5. The molecule has 0 unspecified atom stereocenters. The van der Waals surface area contributed by atoms with Crippen LogP contribution in [0.25, 0.3) is 60.4 Å². The smallest absolute Gasteiger partial charge is 0.155 e. The quantitative estimate of drug-likeness (QED) is 0.145. The first-order chi connectivity index (χ1) is 22.0. The summed E-state index contributed by atoms with van der Waals surface area (Å²) in [6, 6.07) is 44.9. The monoisotopic (exact) mass is 579 g/mol. The topological polar surface area (TPSA) is 38.1 Å². The Hall–Kier alpha value is -5.67. The fraction of sp³-hybridized carbons (Fsp3) is 0.0714. The number of allylic oxidation sites excluding steroid dienone is 4. The van der Waals surface area contributed by atoms with E-state index in [1.165, 1.54) is 21.5 Å². The molecule has 0 bridgehead atoms. The van der Waals surface area contributed by atoms with Crippen LogP contribution in [0.4, 0.5) is 5.82 Å². The number of rotatable bonds is 6. The summed E-state index contributed by atoms with van der Waals surface area (Å²) in [7, 11) is 0. The fourth-order valence-electron chi connectivity index (χ4n) is 5.85. The number of benzene rings is 5. The Kier molecular flexibility index (Phi) is 7.59. The van der Waals surface area contributed by atoms with Crippen LogP contribution in [0, 0.1) is 6.92 Å². The summed E-state index contributed by atoms with van der Waals surface area (Å²) in [6.45, 7) is 6.12. The Balaban J connectivity index is 1.38. The molecule has 0 amide bonds. The van der Waals surface area contributed by atoms with Gasteiger partial charge in [0.25, 0.3) is 0 Å². The van der Waals surface area contributed by atoms with E-state index in [1.807, 2.05) is 32.0 Å². The Bertz CT molecular complexity index is 2210. The molecule has 0 spiro atoms. The number of aliphatic imine (C=N–C) groups is 1. The van der Waals surface area contributed by atoms with Crippen LogP contribution in [0.3, 0.4) is 0 Å². The summed E-state index contributed by atoms with van der Waals surface area (Å²) in [4.78, 5) is 15.0. The summed E-state index contributed by atoms with van der Waals surface area (Å²) >= 11 is 0. The third-order valence-electron chi connectivity index (χ3n) is 8.13. The van der Waals surface area contributed by atoms with E-state index in [2.05, 4.69) is 134 Å². The molecule has 0 aliphatic heterocycles. The molecule has 0 aliphatic rings. The first-order valence-electron chi connectivity index (χ1n) is 15.3. The van der Waals surface area contributed by atoms with Crippen LogP contribution < -0.4 is 0 Å². The minimum atomic E-state index is 0.733. The van der Waals surface area contributed by atoms with Gasteiger partial charge >= 0.3 is 0 Å². The summed E-state index contributed by atoms with van der Waals surface area (Å²) < 4.78 is 0. The number of pyridine rings is 2. The van der Waals surface area contributed by atoms with Gasteiger partial charge < -0.3 is 0 Å². The number of fused-ring (bicyclic) bond motifs is 3. The Morgan fingerprint density at radius 1 is 0.600 bits per heavy atom. The lowest BCUT2D eigenvalue weighted by Gasteiger charge is -2.12. The predicted molar refractivity (Wildman–Crippen MR) is 192 cm³/mol. The second-order valence-corrected chi connectivity index (χ2v) is 11.4. The third kappa shape index (κ3) is 5.93. The molecule has 216 valence electrons. The van der Waals surface area contributed by atoms with Gasteiger partial charge in [-0.3, -0.25) is 0 Å². The molecule has 2 aromatic heterocycles. The minimum absolute atomic E-state index is 0.733. The highest BCUT2D eigenvalue weighted by atomic mass is 14.9. The van der Waals surface area contributed by atoms with E-state index in [9.17, 15) is 0 Å². The number of hydrogen-bond acceptors (Lipinski definition) is 3. The lowest BCUT2D eigenvalue weighted by atomic mass is 9.96. The summed E-state index contributed by atoms with van der Waals surface area (Å²) in [5.74, 6) is 0.733. The zero-order chi connectivity index (χ0) is 30.8. The van der Waals surface area contributed by atoms with E-state index >= 15 is 0 Å². The number of hydrogen-bond donors (Lipinski definition) is 0. The van der Waals surface area contributed by atoms with Crippen molar-refractivity contribution in [2.45, 2.75) is 20.8 Å². The van der Waals surface area contributed by atoms with Crippen LogP contribution in [-0.2, 0) is 0 Å². The highest BCUT2D eigenvalue weighted by Crippen LogP contribution is 2.32. The van der Waals surface area contributed by atoms with Crippen molar-refractivity contribution in [2.75, 3.05) is 0 Å². The van der Waals surface area contributed by atoms with Gasteiger partial charge in [0.2, 0.25) is 0 Å². The van der Waals surface area contributed by atoms with Crippen molar-refractivity contribution in [2.24, 2.45) is 4.99 Å². The molecule has 0 fully saturated rings. The molecule has 0 atom stereocenters. The zero-order valence-corrected chi connectivity index (χ0v) is 25.7. The summed E-state index contributed by atoms with van der Waals surface area (Å²) in [5.41, 5.74) is 9.01. The first-order valence-corrected chi connectivity index (χ1v) is 15.3. The molecule has 3 heteroatoms. The molecule has 5 aromatic carbocycles. The van der Waals surface area contributed by atoms with Gasteiger partial charge in [0, 0.05) is 22.2 Å². The van der Waals surface area contributed by atoms with Crippen LogP contribution in [0.15, 0.2) is 151 Å². The highest BCUT2D eigenvalue weighted by Gasteiger charge is 2.12. The largest absolute Gasteiger partial charge is 0.248 e. The average Bonchev–Trinajstić information content (AvgIpc) is 3.07. The second kappa shape index (κ2) is 12.1. The van der Waals surface area contributed by atoms with Gasteiger partial charge in [-0.2, -0.15) is 0 Å². The molecule has 0 saturated carbocycles. The molecular formula is C42H33N3. The van der Waals surface area contributed by atoms with Crippen molar-refractivity contribution in [1.82, 2.24) is 9.97 Å². The molecule has 45 heavy (non-hydrogen) atoms. The molecule has 0 N–H and O–H groups in total. The maximum atomic E-state index is 5.25. The maximum Gasteiger partial charge on any atom is 0.155 e. The zero-order valence-electron chi connectivity index (χ0n) is 25.7. The van der Waals surface area contributed by atoms with E-state index in [0.717, 1.165) is 61.6 Å². The van der Waals surface area contributed by atoms with E-state index in [1.54, 1.807) is 0 Å². The van der Waals surface area contributed by atoms with E-state index in [-0.39, 0.29) is 0 Å². The maximum absolute atomic E-state index is 5.25. The van der Waals surface area contributed by atoms with Crippen molar-refractivity contribution in [3.8, 4) is 22.4 Å². The standard InChI is InChI=1S/C42H33N3/c1-4-11-35(23-29(3)43-42-28(2)22-36-16-9-10-17-39(36)45-42)40-26-38(34-20-18-30-12-5-7-14-32(30)24-34)27-41(44-40)37-21-19-31-13-6-8-15-33(31)25-37/h4-27H,1-3H3/b11-4-,35-23+,43-29?. The fourth-order valence-corrected chi connectivity index (χ4v) is 5.85. The molecule has 3 nitrogen and oxygen atoms in total. The van der Waals surface area contributed by atoms with Crippen molar-refractivity contribution in [1.29, 1.82) is 0 Å². The van der Waals surface area contributed by atoms with Crippen molar-refractivity contribution in [3.05, 3.63) is 157 Å². The van der Waals surface area contributed by atoms with Gasteiger partial charge in [0.1, 0.15) is 0 Å². The first kappa shape index (κ1) is 28.1. The molecule has 2 heterocycles. The van der Waals surface area contributed by atoms with Gasteiger partial charge in [-0.05, 0) is 101 Å². The Morgan fingerprint density at radius 3 is 1.93 bits per heavy atom. The van der Waals surface area contributed by atoms with Gasteiger partial charge in [-0.1, -0.05) is 103 Å². The lowest BCUT2D eigenvalue weighted by molar-refractivity contribution is 1.27. The van der Waals surface area contributed by atoms with E-state index in [4.69, 9.17) is 15.0 Å². The van der Waals surface area contributed by atoms with Crippen molar-refractivity contribution in [3.63, 3.8) is 0 Å². The predicted octanol–water partition coefficient (Wildman–Crippen LogP) is 11.3. The van der Waals surface area contributed by atoms with Crippen LogP contribution >= 0.6 is 0 Å². The number of para-hydroxylation sites is 1. The molecule has 0 radical (unpaired) electrons. The average molecular weight is 580 g/mol. The number of nitrogens with zero attached hydrogens (tertiary/aromatic N) is 3. The van der Waals surface area contributed by atoms with E-state index < -0.39 is 0 Å². The molecular weight excluding hydrogens is 546 g/mol. The minimum Gasteiger partial charge on any atom is -0.248 e. The number of aryl methyl sites for hydroxylation is 1. The molecule has 7 aromatic rings. The van der Waals surface area contributed by atoms with E-state index in [0.29, 0.717) is 0 Å². The highest BCUT2D eigenvalue weighted by molar-refractivity contribution is 6.02. The summed E-state index contributed by atoms with van der Waals surface area (Å²) in [5, 5.41) is 5.97. The van der Waals surface area contributed by atoms with Crippen LogP contribution in [0.5, 0.6) is 0 Å². The van der Waals surface area contributed by atoms with Gasteiger partial charge in [0.05, 0.1) is 16.9 Å². The lowest BCUT2D eigenvalue weighted by Crippen LogP contribution is -1.96.